The van der Waals surface area contributed by atoms with Crippen LogP contribution in [0.5, 0.6) is 0 Å². The Morgan fingerprint density at radius 2 is 1.61 bits per heavy atom. The second kappa shape index (κ2) is 9.64. The molecule has 2 unspecified atom stereocenters. The van der Waals surface area contributed by atoms with Gasteiger partial charge in [0.05, 0.1) is 28.4 Å². The van der Waals surface area contributed by atoms with E-state index in [1.807, 2.05) is 0 Å². The molecule has 0 saturated carbocycles. The highest BCUT2D eigenvalue weighted by Crippen LogP contribution is 2.40. The van der Waals surface area contributed by atoms with E-state index in [4.69, 9.17) is 9.47 Å². The van der Waals surface area contributed by atoms with Gasteiger partial charge in [-0.25, -0.2) is 19.2 Å². The lowest BCUT2D eigenvalue weighted by Gasteiger charge is -2.38. The fourth-order valence-electron chi connectivity index (χ4n) is 2.36. The number of nitrogens with zero attached hydrogens (tertiary/aromatic N) is 2. The number of nitrogens with one attached hydrogen (secondary N) is 2. The fourth-order valence-corrected chi connectivity index (χ4v) is 3.66. The third kappa shape index (κ3) is 3.61. The number of methoxy groups -OCH3 is 4. The number of carbonyl (C=O) groups excluding carboxylic acids is 4. The van der Waals surface area contributed by atoms with Crippen LogP contribution in [0, 0.1) is 0 Å². The molecule has 0 radical (unpaired) electrons. The highest BCUT2D eigenvalue weighted by molar-refractivity contribution is 8.15. The maximum atomic E-state index is 12.9. The van der Waals surface area contributed by atoms with Crippen LogP contribution in [0.3, 0.4) is 0 Å². The Morgan fingerprint density at radius 1 is 1.00 bits per heavy atom. The van der Waals surface area contributed by atoms with E-state index >= 15 is 0 Å². The van der Waals surface area contributed by atoms with E-state index in [1.54, 1.807) is 0 Å². The van der Waals surface area contributed by atoms with Crippen LogP contribution >= 0.6 is 23.5 Å². The van der Waals surface area contributed by atoms with Crippen molar-refractivity contribution >= 4 is 58.2 Å². The van der Waals surface area contributed by atoms with Crippen LogP contribution in [0.2, 0.25) is 0 Å². The average molecular weight is 436 g/mol. The third-order valence-electron chi connectivity index (χ3n) is 3.74. The number of hydrogen-bond acceptors (Lipinski definition) is 14. The second-order valence-corrected chi connectivity index (χ2v) is 6.72. The summed E-state index contributed by atoms with van der Waals surface area (Å²) in [6, 6.07) is 0. The minimum Gasteiger partial charge on any atom is -0.467 e. The van der Waals surface area contributed by atoms with Gasteiger partial charge in [-0.1, -0.05) is 0 Å². The van der Waals surface area contributed by atoms with Crippen LogP contribution in [0.1, 0.15) is 0 Å². The van der Waals surface area contributed by atoms with E-state index < -0.39 is 40.0 Å². The minimum absolute atomic E-state index is 0.193. The molecule has 2 N–H and O–H groups in total. The first kappa shape index (κ1) is 23.6. The topological polar surface area (TPSA) is 154 Å². The molecule has 0 aromatic heterocycles. The first-order valence-corrected chi connectivity index (χ1v) is 9.83. The molecule has 0 aliphatic carbocycles. The van der Waals surface area contributed by atoms with E-state index in [9.17, 15) is 19.2 Å². The first-order chi connectivity index (χ1) is 13.3. The van der Waals surface area contributed by atoms with Gasteiger partial charge in [-0.3, -0.25) is 10.9 Å². The van der Waals surface area contributed by atoms with Crippen molar-refractivity contribution in [3.8, 4) is 0 Å². The molecule has 2 atom stereocenters. The van der Waals surface area contributed by atoms with Crippen LogP contribution in [-0.4, -0.2) is 86.0 Å². The molecule has 0 amide bonds. The molecule has 1 heterocycles. The molecule has 0 bridgehead atoms. The van der Waals surface area contributed by atoms with Gasteiger partial charge in [-0.15, -0.1) is 23.5 Å². The Hall–Kier alpha value is -2.48. The number of esters is 4. The van der Waals surface area contributed by atoms with Gasteiger partial charge in [0.2, 0.25) is 15.5 Å². The molecule has 14 heteroatoms. The van der Waals surface area contributed by atoms with Crippen LogP contribution in [0.15, 0.2) is 10.2 Å². The van der Waals surface area contributed by atoms with Crippen molar-refractivity contribution in [2.75, 3.05) is 41.0 Å². The SMILES string of the molecule is COC(=O)C(=NNC1(C(=O)OC)C(C(=O)OC)=NNC1(SC)C(=O)OC)SC. The summed E-state index contributed by atoms with van der Waals surface area (Å²) in [7, 11) is 4.34. The lowest BCUT2D eigenvalue weighted by Crippen LogP contribution is -2.74. The van der Waals surface area contributed by atoms with Gasteiger partial charge in [0.1, 0.15) is 0 Å². The zero-order valence-corrected chi connectivity index (χ0v) is 17.6. The Bertz CT molecular complexity index is 728. The predicted octanol–water partition coefficient (Wildman–Crippen LogP) is -1.30. The van der Waals surface area contributed by atoms with Crippen molar-refractivity contribution < 1.29 is 38.1 Å². The summed E-state index contributed by atoms with van der Waals surface area (Å²) >= 11 is 1.71. The zero-order valence-electron chi connectivity index (χ0n) is 16.0. The van der Waals surface area contributed by atoms with E-state index in [1.165, 1.54) is 12.5 Å². The smallest absolute Gasteiger partial charge is 0.365 e. The molecular formula is C14H20N4O8S2. The normalized spacial score (nSPS) is 23.8. The monoisotopic (exact) mass is 436 g/mol. The van der Waals surface area contributed by atoms with E-state index in [-0.39, 0.29) is 5.04 Å². The van der Waals surface area contributed by atoms with E-state index in [0.29, 0.717) is 0 Å². The van der Waals surface area contributed by atoms with Gasteiger partial charge in [0, 0.05) is 0 Å². The largest absolute Gasteiger partial charge is 0.467 e. The summed E-state index contributed by atoms with van der Waals surface area (Å²) < 4.78 is 18.9. The Balaban J connectivity index is 3.76. The first-order valence-electron chi connectivity index (χ1n) is 7.39. The molecule has 1 aliphatic rings. The van der Waals surface area contributed by atoms with Crippen molar-refractivity contribution in [1.29, 1.82) is 0 Å². The summed E-state index contributed by atoms with van der Waals surface area (Å²) in [5, 5.41) is 7.48. The Labute approximate surface area is 169 Å². The summed E-state index contributed by atoms with van der Waals surface area (Å²) in [5.74, 6) is -3.91. The molecule has 12 nitrogen and oxygen atoms in total. The van der Waals surface area contributed by atoms with Gasteiger partial charge in [-0.2, -0.15) is 10.2 Å². The molecule has 0 fully saturated rings. The molecule has 156 valence electrons. The molecule has 1 rings (SSSR count). The minimum atomic E-state index is -2.32. The van der Waals surface area contributed by atoms with Gasteiger partial charge < -0.3 is 18.9 Å². The number of hydrazone groups is 2. The van der Waals surface area contributed by atoms with Crippen LogP contribution in [0.4, 0.5) is 0 Å². The number of thioether (sulfide) groups is 2. The number of hydrogen-bond donors (Lipinski definition) is 2. The van der Waals surface area contributed by atoms with Crippen molar-refractivity contribution in [3.63, 3.8) is 0 Å². The Morgan fingerprint density at radius 3 is 2.04 bits per heavy atom. The molecule has 1 aliphatic heterocycles. The standard InChI is InChI=1S/C14H20N4O8S2/c1-23-9(19)7-13(11(21)25-3,17-16-8(27-5)10(20)24-2)14(28-6,18-15-7)12(22)26-4/h17-18H,1-6H3. The molecular weight excluding hydrogens is 416 g/mol. The number of rotatable bonds is 6. The molecule has 0 aromatic carbocycles. The lowest BCUT2D eigenvalue weighted by molar-refractivity contribution is -0.156. The van der Waals surface area contributed by atoms with Gasteiger partial charge in [-0.05, 0) is 12.5 Å². The summed E-state index contributed by atoms with van der Waals surface area (Å²) in [6.45, 7) is 0. The molecule has 28 heavy (non-hydrogen) atoms. The van der Waals surface area contributed by atoms with Gasteiger partial charge >= 0.3 is 23.9 Å². The molecule has 0 saturated heterocycles. The van der Waals surface area contributed by atoms with Gasteiger partial charge in [0.15, 0.2) is 5.71 Å². The van der Waals surface area contributed by atoms with E-state index in [2.05, 4.69) is 30.5 Å². The average Bonchev–Trinajstić information content (AvgIpc) is 3.07. The Kier molecular flexibility index (Phi) is 8.11. The second-order valence-electron chi connectivity index (χ2n) is 4.91. The third-order valence-corrected chi connectivity index (χ3v) is 5.56. The zero-order chi connectivity index (χ0) is 21.5. The highest BCUT2D eigenvalue weighted by Gasteiger charge is 2.72. The molecule has 0 aromatic rings. The summed E-state index contributed by atoms with van der Waals surface area (Å²) in [6.07, 6.45) is 3.01. The summed E-state index contributed by atoms with van der Waals surface area (Å²) in [5.41, 5.74) is 1.99. The number of ether oxygens (including phenoxy) is 4. The maximum absolute atomic E-state index is 12.9. The molecule has 0 spiro atoms. The summed E-state index contributed by atoms with van der Waals surface area (Å²) in [4.78, 5) is 47.7. The van der Waals surface area contributed by atoms with Crippen LogP contribution < -0.4 is 10.9 Å². The quantitative estimate of drug-likeness (QED) is 0.167. The van der Waals surface area contributed by atoms with Crippen LogP contribution in [-0.2, 0) is 38.1 Å². The lowest BCUT2D eigenvalue weighted by atomic mass is 9.85. The van der Waals surface area contributed by atoms with Crippen LogP contribution in [0.25, 0.3) is 0 Å². The fraction of sp³-hybridized carbons (Fsp3) is 0.571. The van der Waals surface area contributed by atoms with Gasteiger partial charge in [0.25, 0.3) is 0 Å². The van der Waals surface area contributed by atoms with Crippen molar-refractivity contribution in [3.05, 3.63) is 0 Å². The predicted molar refractivity (Wildman–Crippen MR) is 102 cm³/mol. The van der Waals surface area contributed by atoms with Crippen molar-refractivity contribution in [1.82, 2.24) is 10.9 Å². The van der Waals surface area contributed by atoms with E-state index in [0.717, 1.165) is 52.0 Å². The number of carbonyl (C=O) groups is 4. The highest BCUT2D eigenvalue weighted by atomic mass is 32.2. The van der Waals surface area contributed by atoms with Crippen molar-refractivity contribution in [2.45, 2.75) is 10.4 Å². The van der Waals surface area contributed by atoms with Crippen molar-refractivity contribution in [2.24, 2.45) is 10.2 Å². The maximum Gasteiger partial charge on any atom is 0.365 e.